The minimum atomic E-state index is -2.45. The zero-order chi connectivity index (χ0) is 8.97. The lowest BCUT2D eigenvalue weighted by atomic mass is 10.2. The van der Waals surface area contributed by atoms with E-state index in [2.05, 4.69) is 4.18 Å². The standard InChI is InChI=1S/C7H9NO3S/c8-7-3-1-6(2-4-7)5-11-12(9)10/h1-4H,5,8H2,(H,9,10)/p-1. The van der Waals surface area contributed by atoms with Crippen molar-refractivity contribution >= 4 is 17.0 Å². The third-order valence-electron chi connectivity index (χ3n) is 1.30. The maximum absolute atomic E-state index is 9.99. The van der Waals surface area contributed by atoms with Gasteiger partial charge in [0.15, 0.2) is 0 Å². The molecule has 1 unspecified atom stereocenters. The van der Waals surface area contributed by atoms with Gasteiger partial charge in [-0.15, -0.1) is 0 Å². The van der Waals surface area contributed by atoms with Crippen molar-refractivity contribution in [3.05, 3.63) is 29.8 Å². The lowest BCUT2D eigenvalue weighted by Gasteiger charge is -2.05. The van der Waals surface area contributed by atoms with E-state index in [0.717, 1.165) is 5.56 Å². The third kappa shape index (κ3) is 3.00. The van der Waals surface area contributed by atoms with E-state index in [1.54, 1.807) is 24.3 Å². The smallest absolute Gasteiger partial charge is 0.0879 e. The third-order valence-corrected chi connectivity index (χ3v) is 1.61. The van der Waals surface area contributed by atoms with Crippen molar-refractivity contribution in [3.63, 3.8) is 0 Å². The Labute approximate surface area is 72.8 Å². The van der Waals surface area contributed by atoms with Crippen LogP contribution in [-0.2, 0) is 22.2 Å². The summed E-state index contributed by atoms with van der Waals surface area (Å²) >= 11 is -2.45. The molecule has 0 fully saturated rings. The number of anilines is 1. The summed E-state index contributed by atoms with van der Waals surface area (Å²) in [5.74, 6) is 0. The van der Waals surface area contributed by atoms with Crippen LogP contribution in [-0.4, -0.2) is 8.76 Å². The second kappa shape index (κ2) is 4.20. The number of nitrogens with two attached hydrogens (primary N) is 1. The fourth-order valence-electron chi connectivity index (χ4n) is 0.730. The first kappa shape index (κ1) is 9.18. The van der Waals surface area contributed by atoms with Gasteiger partial charge in [-0.05, 0) is 17.7 Å². The van der Waals surface area contributed by atoms with Crippen LogP contribution in [0.3, 0.4) is 0 Å². The molecule has 0 aliphatic carbocycles. The van der Waals surface area contributed by atoms with E-state index in [1.807, 2.05) is 0 Å². The molecule has 0 saturated carbocycles. The van der Waals surface area contributed by atoms with E-state index >= 15 is 0 Å². The molecular weight excluding hydrogens is 178 g/mol. The molecule has 1 atom stereocenters. The molecule has 0 spiro atoms. The lowest BCUT2D eigenvalue weighted by Crippen LogP contribution is -1.96. The van der Waals surface area contributed by atoms with Crippen LogP contribution < -0.4 is 5.73 Å². The number of nitrogen functional groups attached to an aromatic ring is 1. The molecule has 0 aliphatic heterocycles. The van der Waals surface area contributed by atoms with E-state index in [-0.39, 0.29) is 6.61 Å². The Balaban J connectivity index is 2.53. The number of rotatable bonds is 3. The Bertz CT molecular complexity index is 272. The van der Waals surface area contributed by atoms with Gasteiger partial charge >= 0.3 is 0 Å². The normalized spacial score (nSPS) is 12.8. The quantitative estimate of drug-likeness (QED) is 0.553. The highest BCUT2D eigenvalue weighted by Gasteiger charge is 1.92. The van der Waals surface area contributed by atoms with Crippen molar-refractivity contribution in [2.45, 2.75) is 6.61 Å². The van der Waals surface area contributed by atoms with Gasteiger partial charge in [-0.3, -0.25) is 4.18 Å². The van der Waals surface area contributed by atoms with Crippen LogP contribution >= 0.6 is 0 Å². The fraction of sp³-hybridized carbons (Fsp3) is 0.143. The highest BCUT2D eigenvalue weighted by atomic mass is 32.2. The second-order valence-electron chi connectivity index (χ2n) is 2.21. The average molecular weight is 186 g/mol. The van der Waals surface area contributed by atoms with Crippen LogP contribution in [0.1, 0.15) is 5.56 Å². The molecular formula is C7H8NO3S-. The molecule has 1 aromatic rings. The zero-order valence-electron chi connectivity index (χ0n) is 6.23. The van der Waals surface area contributed by atoms with Crippen LogP contribution in [0.15, 0.2) is 24.3 Å². The van der Waals surface area contributed by atoms with Crippen molar-refractivity contribution in [2.24, 2.45) is 0 Å². The summed E-state index contributed by atoms with van der Waals surface area (Å²) in [6.45, 7) is 0.0520. The molecule has 5 heteroatoms. The Hall–Kier alpha value is -0.910. The number of benzene rings is 1. The van der Waals surface area contributed by atoms with Gasteiger partial charge in [0.1, 0.15) is 0 Å². The van der Waals surface area contributed by atoms with Crippen LogP contribution in [0, 0.1) is 0 Å². The summed E-state index contributed by atoms with van der Waals surface area (Å²) in [7, 11) is 0. The highest BCUT2D eigenvalue weighted by Crippen LogP contribution is 2.06. The van der Waals surface area contributed by atoms with Gasteiger partial charge in [0, 0.05) is 5.69 Å². The van der Waals surface area contributed by atoms with Gasteiger partial charge in [-0.25, -0.2) is 4.21 Å². The van der Waals surface area contributed by atoms with E-state index in [9.17, 15) is 8.76 Å². The average Bonchev–Trinajstić information content (AvgIpc) is 2.03. The van der Waals surface area contributed by atoms with E-state index in [4.69, 9.17) is 5.73 Å². The summed E-state index contributed by atoms with van der Waals surface area (Å²) in [6.07, 6.45) is 0. The van der Waals surface area contributed by atoms with Crippen molar-refractivity contribution in [2.75, 3.05) is 5.73 Å². The summed E-state index contributed by atoms with van der Waals surface area (Å²) in [5, 5.41) is 0. The zero-order valence-corrected chi connectivity index (χ0v) is 7.04. The van der Waals surface area contributed by atoms with Gasteiger partial charge < -0.3 is 10.3 Å². The monoisotopic (exact) mass is 186 g/mol. The number of hydrogen-bond acceptors (Lipinski definition) is 4. The summed E-state index contributed by atoms with van der Waals surface area (Å²) in [5.41, 5.74) is 6.83. The Morgan fingerprint density at radius 2 is 2.00 bits per heavy atom. The summed E-state index contributed by atoms with van der Waals surface area (Å²) < 4.78 is 24.3. The van der Waals surface area contributed by atoms with Crippen molar-refractivity contribution in [3.8, 4) is 0 Å². The fourth-order valence-corrected chi connectivity index (χ4v) is 0.962. The first-order valence-electron chi connectivity index (χ1n) is 3.25. The minimum Gasteiger partial charge on any atom is -0.750 e. The van der Waals surface area contributed by atoms with Crippen LogP contribution in [0.25, 0.3) is 0 Å². The Kier molecular flexibility index (Phi) is 3.21. The molecule has 1 aromatic carbocycles. The van der Waals surface area contributed by atoms with Crippen molar-refractivity contribution in [1.29, 1.82) is 0 Å². The van der Waals surface area contributed by atoms with Crippen molar-refractivity contribution < 1.29 is 12.9 Å². The van der Waals surface area contributed by atoms with E-state index < -0.39 is 11.4 Å². The Morgan fingerprint density at radius 3 is 2.50 bits per heavy atom. The van der Waals surface area contributed by atoms with E-state index in [0.29, 0.717) is 5.69 Å². The first-order chi connectivity index (χ1) is 5.68. The van der Waals surface area contributed by atoms with Gasteiger partial charge in [0.25, 0.3) is 0 Å². The maximum Gasteiger partial charge on any atom is 0.0879 e. The summed E-state index contributed by atoms with van der Waals surface area (Å²) in [6, 6.07) is 6.79. The molecule has 4 nitrogen and oxygen atoms in total. The molecule has 66 valence electrons. The molecule has 0 aromatic heterocycles. The maximum atomic E-state index is 9.99. The predicted octanol–water partition coefficient (Wildman–Crippen LogP) is 0.580. The largest absolute Gasteiger partial charge is 0.750 e. The van der Waals surface area contributed by atoms with Gasteiger partial charge in [-0.2, -0.15) is 0 Å². The highest BCUT2D eigenvalue weighted by molar-refractivity contribution is 7.74. The van der Waals surface area contributed by atoms with Crippen LogP contribution in [0.5, 0.6) is 0 Å². The molecule has 0 aliphatic rings. The molecule has 0 saturated heterocycles. The topological polar surface area (TPSA) is 75.4 Å². The van der Waals surface area contributed by atoms with E-state index in [1.165, 1.54) is 0 Å². The van der Waals surface area contributed by atoms with Crippen LogP contribution in [0.2, 0.25) is 0 Å². The number of hydrogen-bond donors (Lipinski definition) is 1. The second-order valence-corrected chi connectivity index (χ2v) is 2.85. The first-order valence-corrected chi connectivity index (χ1v) is 4.25. The molecule has 1 rings (SSSR count). The SMILES string of the molecule is Nc1ccc(COS(=O)[O-])cc1. The molecule has 0 heterocycles. The Morgan fingerprint density at radius 1 is 1.42 bits per heavy atom. The molecule has 2 N–H and O–H groups in total. The van der Waals surface area contributed by atoms with Gasteiger partial charge in [-0.1, -0.05) is 12.1 Å². The molecule has 0 radical (unpaired) electrons. The molecule has 12 heavy (non-hydrogen) atoms. The van der Waals surface area contributed by atoms with Crippen molar-refractivity contribution in [1.82, 2.24) is 0 Å². The van der Waals surface area contributed by atoms with Crippen LogP contribution in [0.4, 0.5) is 5.69 Å². The molecule has 0 amide bonds. The minimum absolute atomic E-state index is 0.0520. The summed E-state index contributed by atoms with van der Waals surface area (Å²) in [4.78, 5) is 0. The predicted molar refractivity (Wildman–Crippen MR) is 44.6 cm³/mol. The molecule has 0 bridgehead atoms. The van der Waals surface area contributed by atoms with Gasteiger partial charge in [0.2, 0.25) is 0 Å². The van der Waals surface area contributed by atoms with Gasteiger partial charge in [0.05, 0.1) is 18.0 Å². The lowest BCUT2D eigenvalue weighted by molar-refractivity contribution is 0.291.